The van der Waals surface area contributed by atoms with Gasteiger partial charge in [0.25, 0.3) is 0 Å². The maximum Gasteiger partial charge on any atom is 0.222 e. The Balaban J connectivity index is 2.16. The van der Waals surface area contributed by atoms with Crippen molar-refractivity contribution >= 4 is 21.8 Å². The summed E-state index contributed by atoms with van der Waals surface area (Å²) in [4.78, 5) is 13.9. The molecule has 2 nitrogen and oxygen atoms in total. The third kappa shape index (κ3) is 8.25. The van der Waals surface area contributed by atoms with E-state index in [0.29, 0.717) is 13.0 Å². The quantitative estimate of drug-likeness (QED) is 0.505. The van der Waals surface area contributed by atoms with Crippen molar-refractivity contribution in [3.05, 3.63) is 34.3 Å². The number of halogens is 1. The summed E-state index contributed by atoms with van der Waals surface area (Å²) >= 11 is 3.46. The van der Waals surface area contributed by atoms with Crippen LogP contribution >= 0.6 is 15.9 Å². The lowest BCUT2D eigenvalue weighted by molar-refractivity contribution is -0.130. The topological polar surface area (TPSA) is 20.3 Å². The van der Waals surface area contributed by atoms with Gasteiger partial charge in [0.15, 0.2) is 0 Å². The van der Waals surface area contributed by atoms with E-state index in [1.807, 2.05) is 24.1 Å². The molecule has 21 heavy (non-hydrogen) atoms. The van der Waals surface area contributed by atoms with Crippen molar-refractivity contribution in [1.29, 1.82) is 0 Å². The molecule has 0 bridgehead atoms. The first kappa shape index (κ1) is 18.2. The van der Waals surface area contributed by atoms with Crippen molar-refractivity contribution in [2.75, 3.05) is 7.05 Å². The summed E-state index contributed by atoms with van der Waals surface area (Å²) in [7, 11) is 1.89. The predicted octanol–water partition coefficient (Wildman–Crippen LogP) is 5.55. The van der Waals surface area contributed by atoms with E-state index in [9.17, 15) is 4.79 Å². The summed E-state index contributed by atoms with van der Waals surface area (Å²) in [5, 5.41) is 0. The molecule has 0 heterocycles. The molecule has 118 valence electrons. The van der Waals surface area contributed by atoms with Gasteiger partial charge in [0.2, 0.25) is 5.91 Å². The van der Waals surface area contributed by atoms with Crippen LogP contribution < -0.4 is 0 Å². The predicted molar refractivity (Wildman–Crippen MR) is 93.2 cm³/mol. The maximum atomic E-state index is 12.1. The number of hydrogen-bond acceptors (Lipinski definition) is 1. The average molecular weight is 354 g/mol. The summed E-state index contributed by atoms with van der Waals surface area (Å²) in [6, 6.07) is 8.14. The second-order valence-corrected chi connectivity index (χ2v) is 6.67. The van der Waals surface area contributed by atoms with Crippen LogP contribution in [0.3, 0.4) is 0 Å². The van der Waals surface area contributed by atoms with Crippen LogP contribution in [0.15, 0.2) is 28.7 Å². The van der Waals surface area contributed by atoms with E-state index in [1.54, 1.807) is 0 Å². The number of carbonyl (C=O) groups excluding carboxylic acids is 1. The van der Waals surface area contributed by atoms with Gasteiger partial charge >= 0.3 is 0 Å². The van der Waals surface area contributed by atoms with Gasteiger partial charge in [-0.25, -0.2) is 0 Å². The van der Waals surface area contributed by atoms with Crippen LogP contribution in [-0.4, -0.2) is 17.9 Å². The zero-order valence-corrected chi connectivity index (χ0v) is 15.0. The molecule has 1 rings (SSSR count). The molecule has 0 aliphatic carbocycles. The first-order valence-electron chi connectivity index (χ1n) is 8.12. The van der Waals surface area contributed by atoms with Crippen LogP contribution in [0.25, 0.3) is 0 Å². The first-order valence-corrected chi connectivity index (χ1v) is 8.91. The third-order valence-corrected chi connectivity index (χ3v) is 4.22. The average Bonchev–Trinajstić information content (AvgIpc) is 2.46. The summed E-state index contributed by atoms with van der Waals surface area (Å²) in [5.41, 5.74) is 1.17. The highest BCUT2D eigenvalue weighted by molar-refractivity contribution is 9.10. The van der Waals surface area contributed by atoms with E-state index >= 15 is 0 Å². The second kappa shape index (κ2) is 10.8. The van der Waals surface area contributed by atoms with Gasteiger partial charge in [-0.2, -0.15) is 0 Å². The van der Waals surface area contributed by atoms with Gasteiger partial charge in [-0.3, -0.25) is 4.79 Å². The van der Waals surface area contributed by atoms with Crippen LogP contribution in [0.2, 0.25) is 0 Å². The van der Waals surface area contributed by atoms with Gasteiger partial charge < -0.3 is 4.90 Å². The molecular weight excluding hydrogens is 326 g/mol. The Hall–Kier alpha value is -0.830. The number of rotatable bonds is 10. The zero-order chi connectivity index (χ0) is 15.5. The fraction of sp³-hybridized carbons (Fsp3) is 0.611. The summed E-state index contributed by atoms with van der Waals surface area (Å²) in [5.74, 6) is 0.253. The van der Waals surface area contributed by atoms with Crippen LogP contribution in [0.4, 0.5) is 0 Å². The molecule has 1 aromatic rings. The van der Waals surface area contributed by atoms with E-state index in [0.717, 1.165) is 10.9 Å². The monoisotopic (exact) mass is 353 g/mol. The van der Waals surface area contributed by atoms with Crippen molar-refractivity contribution in [3.8, 4) is 0 Å². The highest BCUT2D eigenvalue weighted by Gasteiger charge is 2.08. The first-order chi connectivity index (χ1) is 10.1. The molecule has 0 aliphatic rings. The van der Waals surface area contributed by atoms with Crippen molar-refractivity contribution in [1.82, 2.24) is 4.90 Å². The van der Waals surface area contributed by atoms with Gasteiger partial charge in [0.1, 0.15) is 0 Å². The number of benzene rings is 1. The Labute approximate surface area is 138 Å². The fourth-order valence-electron chi connectivity index (χ4n) is 2.42. The number of nitrogens with zero attached hydrogens (tertiary/aromatic N) is 1. The molecule has 0 N–H and O–H groups in total. The fourth-order valence-corrected chi connectivity index (χ4v) is 2.87. The molecule has 0 saturated carbocycles. The van der Waals surface area contributed by atoms with E-state index < -0.39 is 0 Å². The van der Waals surface area contributed by atoms with Crippen LogP contribution in [-0.2, 0) is 11.3 Å². The molecule has 0 aromatic heterocycles. The molecule has 1 amide bonds. The second-order valence-electron chi connectivity index (χ2n) is 5.75. The number of amides is 1. The molecule has 1 aromatic carbocycles. The highest BCUT2D eigenvalue weighted by Crippen LogP contribution is 2.14. The third-order valence-electron chi connectivity index (χ3n) is 3.73. The molecule has 0 saturated heterocycles. The zero-order valence-electron chi connectivity index (χ0n) is 13.4. The van der Waals surface area contributed by atoms with E-state index in [2.05, 4.69) is 35.0 Å². The van der Waals surface area contributed by atoms with E-state index in [1.165, 1.54) is 44.1 Å². The molecule has 0 atom stereocenters. The Morgan fingerprint density at radius 2 is 1.76 bits per heavy atom. The Kier molecular flexibility index (Phi) is 9.40. The lowest BCUT2D eigenvalue weighted by Crippen LogP contribution is -2.25. The normalized spacial score (nSPS) is 10.6. The Morgan fingerprint density at radius 1 is 1.10 bits per heavy atom. The van der Waals surface area contributed by atoms with E-state index in [-0.39, 0.29) is 5.91 Å². The molecule has 0 fully saturated rings. The van der Waals surface area contributed by atoms with Crippen LogP contribution in [0, 0.1) is 0 Å². The number of unbranched alkanes of at least 4 members (excludes halogenated alkanes) is 6. The lowest BCUT2D eigenvalue weighted by atomic mass is 10.1. The van der Waals surface area contributed by atoms with Gasteiger partial charge in [0, 0.05) is 24.5 Å². The minimum absolute atomic E-state index is 0.253. The standard InChI is InChI=1S/C18H28BrNO/c1-3-4-5-6-7-8-9-13-18(21)20(2)15-16-11-10-12-17(19)14-16/h10-12,14H,3-9,13,15H2,1-2H3. The molecule has 0 aliphatic heterocycles. The van der Waals surface area contributed by atoms with E-state index in [4.69, 9.17) is 0 Å². The van der Waals surface area contributed by atoms with Crippen LogP contribution in [0.5, 0.6) is 0 Å². The molecule has 0 spiro atoms. The number of hydrogen-bond donors (Lipinski definition) is 0. The summed E-state index contributed by atoms with van der Waals surface area (Å²) < 4.78 is 1.06. The highest BCUT2D eigenvalue weighted by atomic mass is 79.9. The van der Waals surface area contributed by atoms with Crippen molar-refractivity contribution in [2.24, 2.45) is 0 Å². The lowest BCUT2D eigenvalue weighted by Gasteiger charge is -2.17. The smallest absolute Gasteiger partial charge is 0.222 e. The SMILES string of the molecule is CCCCCCCCCC(=O)N(C)Cc1cccc(Br)c1. The maximum absolute atomic E-state index is 12.1. The summed E-state index contributed by atoms with van der Waals surface area (Å²) in [6.07, 6.45) is 9.44. The van der Waals surface area contributed by atoms with Crippen molar-refractivity contribution < 1.29 is 4.79 Å². The van der Waals surface area contributed by atoms with Crippen molar-refractivity contribution in [2.45, 2.75) is 64.8 Å². The Morgan fingerprint density at radius 3 is 2.43 bits per heavy atom. The summed E-state index contributed by atoms with van der Waals surface area (Å²) in [6.45, 7) is 2.93. The van der Waals surface area contributed by atoms with Gasteiger partial charge in [0.05, 0.1) is 0 Å². The largest absolute Gasteiger partial charge is 0.341 e. The Bertz CT molecular complexity index is 419. The minimum atomic E-state index is 0.253. The van der Waals surface area contributed by atoms with Gasteiger partial charge in [-0.15, -0.1) is 0 Å². The molecular formula is C18H28BrNO. The molecule has 3 heteroatoms. The van der Waals surface area contributed by atoms with Crippen LogP contribution in [0.1, 0.15) is 63.9 Å². The number of carbonyl (C=O) groups is 1. The molecule has 0 radical (unpaired) electrons. The van der Waals surface area contributed by atoms with Crippen molar-refractivity contribution in [3.63, 3.8) is 0 Å². The minimum Gasteiger partial charge on any atom is -0.341 e. The van der Waals surface area contributed by atoms with Gasteiger partial charge in [-0.05, 0) is 24.1 Å². The van der Waals surface area contributed by atoms with Gasteiger partial charge in [-0.1, -0.05) is 73.5 Å². The molecule has 0 unspecified atom stereocenters.